The Morgan fingerprint density at radius 1 is 0.263 bits per heavy atom. The van der Waals surface area contributed by atoms with Crippen molar-refractivity contribution < 1.29 is 28.6 Å². The lowest BCUT2D eigenvalue weighted by molar-refractivity contribution is -0.167. The van der Waals surface area contributed by atoms with Crippen molar-refractivity contribution in [3.05, 3.63) is 158 Å². The van der Waals surface area contributed by atoms with E-state index in [-0.39, 0.29) is 31.1 Å². The van der Waals surface area contributed by atoms with E-state index in [9.17, 15) is 14.4 Å². The van der Waals surface area contributed by atoms with Crippen molar-refractivity contribution in [3.8, 4) is 0 Å². The van der Waals surface area contributed by atoms with Crippen LogP contribution in [0.3, 0.4) is 0 Å². The standard InChI is InChI=1S/C74H118O6/c1-4-7-10-13-16-19-22-24-26-28-30-31-32-33-34-35-36-37-38-39-40-41-42-43-45-46-48-50-52-55-58-61-64-67-73(76)79-70-71(69-78-72(75)66-63-60-57-54-21-18-15-12-9-6-3)80-74(77)68-65-62-59-56-53-51-49-47-44-29-27-25-23-20-17-14-11-8-5-2/h7,10,16-17,19-20,24-27,30-31,33-34,36-37,39-40,42-44,46-48,52,55,71H,4-6,8-9,11-15,18,21-23,28-29,32,35,38,41,45,49-51,53-54,56-70H2,1-3H3/b10-7-,19-16-,20-17-,26-24-,27-25-,31-30-,34-33-,37-36-,40-39-,43-42-,47-44-,48-46-,55-52-. The number of ether oxygens (including phenoxy) is 3. The fraction of sp³-hybridized carbons (Fsp3) is 0.608. The zero-order valence-electron chi connectivity index (χ0n) is 51.5. The van der Waals surface area contributed by atoms with Crippen LogP contribution in [0.4, 0.5) is 0 Å². The first-order chi connectivity index (χ1) is 39.5. The molecule has 1 unspecified atom stereocenters. The van der Waals surface area contributed by atoms with Gasteiger partial charge in [-0.2, -0.15) is 0 Å². The van der Waals surface area contributed by atoms with Gasteiger partial charge in [0.05, 0.1) is 0 Å². The number of carbonyl (C=O) groups is 3. The van der Waals surface area contributed by atoms with Crippen LogP contribution in [0.1, 0.15) is 271 Å². The topological polar surface area (TPSA) is 78.9 Å². The first-order valence-corrected chi connectivity index (χ1v) is 32.5. The fourth-order valence-electron chi connectivity index (χ4n) is 8.42. The summed E-state index contributed by atoms with van der Waals surface area (Å²) in [5, 5.41) is 0. The van der Waals surface area contributed by atoms with Crippen molar-refractivity contribution >= 4 is 17.9 Å². The van der Waals surface area contributed by atoms with Crippen LogP contribution in [0.15, 0.2) is 158 Å². The summed E-state index contributed by atoms with van der Waals surface area (Å²) < 4.78 is 16.8. The highest BCUT2D eigenvalue weighted by molar-refractivity contribution is 5.71. The van der Waals surface area contributed by atoms with Crippen molar-refractivity contribution in [2.45, 2.75) is 277 Å². The lowest BCUT2D eigenvalue weighted by Crippen LogP contribution is -2.30. The van der Waals surface area contributed by atoms with Gasteiger partial charge in [-0.3, -0.25) is 14.4 Å². The molecule has 0 radical (unpaired) electrons. The second kappa shape index (κ2) is 66.5. The van der Waals surface area contributed by atoms with Gasteiger partial charge in [-0.25, -0.2) is 0 Å². The minimum absolute atomic E-state index is 0.101. The Morgan fingerprint density at radius 3 is 0.812 bits per heavy atom. The molecule has 0 N–H and O–H groups in total. The predicted molar refractivity (Wildman–Crippen MR) is 348 cm³/mol. The van der Waals surface area contributed by atoms with Crippen LogP contribution >= 0.6 is 0 Å². The van der Waals surface area contributed by atoms with Gasteiger partial charge in [-0.05, 0) is 135 Å². The molecule has 0 aliphatic carbocycles. The third-order valence-corrected chi connectivity index (χ3v) is 13.3. The van der Waals surface area contributed by atoms with Crippen LogP contribution < -0.4 is 0 Å². The van der Waals surface area contributed by atoms with E-state index >= 15 is 0 Å². The molecule has 1 atom stereocenters. The molecule has 0 saturated heterocycles. The molecular weight excluding hydrogens is 985 g/mol. The number of unbranched alkanes of at least 4 members (excludes halogenated alkanes) is 20. The van der Waals surface area contributed by atoms with E-state index < -0.39 is 6.10 Å². The second-order valence-electron chi connectivity index (χ2n) is 20.9. The number of allylic oxidation sites excluding steroid dienone is 26. The Kier molecular flexibility index (Phi) is 62.4. The van der Waals surface area contributed by atoms with Crippen LogP contribution in [-0.4, -0.2) is 37.2 Å². The molecule has 0 heterocycles. The van der Waals surface area contributed by atoms with Crippen molar-refractivity contribution in [2.75, 3.05) is 13.2 Å². The lowest BCUT2D eigenvalue weighted by atomic mass is 10.1. The van der Waals surface area contributed by atoms with E-state index in [0.29, 0.717) is 25.7 Å². The number of esters is 3. The molecule has 0 fully saturated rings. The molecule has 0 aliphatic rings. The normalized spacial score (nSPS) is 13.2. The van der Waals surface area contributed by atoms with Crippen molar-refractivity contribution in [3.63, 3.8) is 0 Å². The summed E-state index contributed by atoms with van der Waals surface area (Å²) in [5.41, 5.74) is 0. The largest absolute Gasteiger partial charge is 0.462 e. The molecule has 6 heteroatoms. The molecule has 0 aromatic rings. The Hall–Kier alpha value is -4.97. The number of rotatable bonds is 57. The summed E-state index contributed by atoms with van der Waals surface area (Å²) in [6.07, 6.45) is 96.8. The maximum absolute atomic E-state index is 12.9. The van der Waals surface area contributed by atoms with E-state index in [4.69, 9.17) is 14.2 Å². The summed E-state index contributed by atoms with van der Waals surface area (Å²) in [6, 6.07) is 0. The predicted octanol–water partition coefficient (Wildman–Crippen LogP) is 22.5. The van der Waals surface area contributed by atoms with Crippen LogP contribution in [0, 0.1) is 0 Å². The fourth-order valence-corrected chi connectivity index (χ4v) is 8.42. The van der Waals surface area contributed by atoms with Crippen molar-refractivity contribution in [1.82, 2.24) is 0 Å². The van der Waals surface area contributed by atoms with Gasteiger partial charge < -0.3 is 14.2 Å². The van der Waals surface area contributed by atoms with E-state index in [1.54, 1.807) is 0 Å². The molecular formula is C74H118O6. The molecule has 0 spiro atoms. The summed E-state index contributed by atoms with van der Waals surface area (Å²) >= 11 is 0. The molecule has 0 aliphatic heterocycles. The minimum Gasteiger partial charge on any atom is -0.462 e. The zero-order chi connectivity index (χ0) is 57.8. The molecule has 0 bridgehead atoms. The molecule has 0 amide bonds. The Bertz CT molecular complexity index is 1790. The molecule has 450 valence electrons. The quantitative estimate of drug-likeness (QED) is 0.0261. The summed E-state index contributed by atoms with van der Waals surface area (Å²) in [7, 11) is 0. The maximum Gasteiger partial charge on any atom is 0.306 e. The third kappa shape index (κ3) is 63.9. The highest BCUT2D eigenvalue weighted by atomic mass is 16.6. The van der Waals surface area contributed by atoms with Crippen molar-refractivity contribution in [2.24, 2.45) is 0 Å². The maximum atomic E-state index is 12.9. The third-order valence-electron chi connectivity index (χ3n) is 13.3. The second-order valence-corrected chi connectivity index (χ2v) is 20.9. The van der Waals surface area contributed by atoms with Gasteiger partial charge in [0.15, 0.2) is 6.10 Å². The summed E-state index contributed by atoms with van der Waals surface area (Å²) in [5.74, 6) is -0.964. The molecule has 0 saturated carbocycles. The Labute approximate surface area is 492 Å². The first-order valence-electron chi connectivity index (χ1n) is 32.5. The first kappa shape index (κ1) is 75.0. The smallest absolute Gasteiger partial charge is 0.306 e. The van der Waals surface area contributed by atoms with Gasteiger partial charge in [0.1, 0.15) is 13.2 Å². The molecule has 0 rings (SSSR count). The molecule has 0 aromatic carbocycles. The van der Waals surface area contributed by atoms with Crippen LogP contribution in [0.25, 0.3) is 0 Å². The van der Waals surface area contributed by atoms with Gasteiger partial charge in [0.2, 0.25) is 0 Å². The number of hydrogen-bond acceptors (Lipinski definition) is 6. The van der Waals surface area contributed by atoms with Crippen LogP contribution in [0.5, 0.6) is 0 Å². The zero-order valence-corrected chi connectivity index (χ0v) is 51.5. The van der Waals surface area contributed by atoms with Gasteiger partial charge in [0, 0.05) is 19.3 Å². The van der Waals surface area contributed by atoms with E-state index in [1.165, 1.54) is 83.5 Å². The van der Waals surface area contributed by atoms with E-state index in [1.807, 2.05) is 0 Å². The minimum atomic E-state index is -0.809. The number of carbonyl (C=O) groups excluding carboxylic acids is 3. The van der Waals surface area contributed by atoms with Gasteiger partial charge in [-0.1, -0.05) is 275 Å². The van der Waals surface area contributed by atoms with E-state index in [2.05, 4.69) is 179 Å². The Balaban J connectivity index is 4.37. The van der Waals surface area contributed by atoms with Crippen LogP contribution in [0.2, 0.25) is 0 Å². The molecule has 0 aromatic heterocycles. The SMILES string of the molecule is CC/C=C\C/C=C\C/C=C\C/C=C\C/C=C\C/C=C\C/C=C\C/C=C\C/C=C\C/C=C\CCCCC(=O)OCC(COC(=O)CCCCCCCCCCCC)OC(=O)CCCCCCCC/C=C\C/C=C\C/C=C\CCCCC. The van der Waals surface area contributed by atoms with Gasteiger partial charge in [-0.15, -0.1) is 0 Å². The highest BCUT2D eigenvalue weighted by Gasteiger charge is 2.19. The Morgan fingerprint density at radius 2 is 0.487 bits per heavy atom. The van der Waals surface area contributed by atoms with Gasteiger partial charge >= 0.3 is 17.9 Å². The summed E-state index contributed by atoms with van der Waals surface area (Å²) in [4.78, 5) is 38.2. The van der Waals surface area contributed by atoms with Crippen molar-refractivity contribution in [1.29, 1.82) is 0 Å². The van der Waals surface area contributed by atoms with Crippen LogP contribution in [-0.2, 0) is 28.6 Å². The average Bonchev–Trinajstić information content (AvgIpc) is 3.46. The van der Waals surface area contributed by atoms with Gasteiger partial charge in [0.25, 0.3) is 0 Å². The highest BCUT2D eigenvalue weighted by Crippen LogP contribution is 2.14. The summed E-state index contributed by atoms with van der Waals surface area (Å²) in [6.45, 7) is 6.43. The monoisotopic (exact) mass is 1100 g/mol. The molecule has 6 nitrogen and oxygen atoms in total. The average molecular weight is 1100 g/mol. The molecule has 80 heavy (non-hydrogen) atoms. The lowest BCUT2D eigenvalue weighted by Gasteiger charge is -2.18. The van der Waals surface area contributed by atoms with E-state index in [0.717, 1.165) is 141 Å². The number of hydrogen-bond donors (Lipinski definition) is 0.